The SMILES string of the molecule is COCC(O)c1cc(C)c(C)cn1. The molecule has 1 atom stereocenters. The highest BCUT2D eigenvalue weighted by atomic mass is 16.5. The molecule has 1 unspecified atom stereocenters. The molecule has 13 heavy (non-hydrogen) atoms. The zero-order valence-corrected chi connectivity index (χ0v) is 8.24. The summed E-state index contributed by atoms with van der Waals surface area (Å²) in [6.07, 6.45) is 1.15. The lowest BCUT2D eigenvalue weighted by atomic mass is 10.1. The first-order valence-electron chi connectivity index (χ1n) is 4.25. The molecule has 1 rings (SSSR count). The highest BCUT2D eigenvalue weighted by molar-refractivity contribution is 5.24. The minimum absolute atomic E-state index is 0.287. The maximum absolute atomic E-state index is 9.55. The largest absolute Gasteiger partial charge is 0.384 e. The van der Waals surface area contributed by atoms with E-state index in [1.165, 1.54) is 0 Å². The molecule has 0 aliphatic rings. The second-order valence-corrected chi connectivity index (χ2v) is 3.16. The summed E-state index contributed by atoms with van der Waals surface area (Å²) in [6, 6.07) is 1.89. The van der Waals surface area contributed by atoms with Crippen molar-refractivity contribution in [1.29, 1.82) is 0 Å². The fourth-order valence-electron chi connectivity index (χ4n) is 1.07. The smallest absolute Gasteiger partial charge is 0.119 e. The molecule has 1 aromatic heterocycles. The first-order chi connectivity index (χ1) is 6.15. The van der Waals surface area contributed by atoms with Gasteiger partial charge in [-0.1, -0.05) is 0 Å². The number of aliphatic hydroxyl groups is 1. The van der Waals surface area contributed by atoms with Crippen molar-refractivity contribution in [2.75, 3.05) is 13.7 Å². The van der Waals surface area contributed by atoms with Crippen LogP contribution in [0, 0.1) is 13.8 Å². The number of rotatable bonds is 3. The second-order valence-electron chi connectivity index (χ2n) is 3.16. The molecule has 3 nitrogen and oxygen atoms in total. The molecule has 0 saturated carbocycles. The van der Waals surface area contributed by atoms with Crippen LogP contribution >= 0.6 is 0 Å². The zero-order valence-electron chi connectivity index (χ0n) is 8.24. The Kier molecular flexibility index (Phi) is 3.39. The molecule has 0 saturated heterocycles. The monoisotopic (exact) mass is 181 g/mol. The topological polar surface area (TPSA) is 42.4 Å². The Morgan fingerprint density at radius 2 is 2.15 bits per heavy atom. The Balaban J connectivity index is 2.84. The van der Waals surface area contributed by atoms with E-state index in [0.29, 0.717) is 5.69 Å². The van der Waals surface area contributed by atoms with E-state index >= 15 is 0 Å². The fraction of sp³-hybridized carbons (Fsp3) is 0.500. The Bertz CT molecular complexity index is 286. The standard InChI is InChI=1S/C10H15NO2/c1-7-4-9(10(12)6-13-3)11-5-8(7)2/h4-5,10,12H,6H2,1-3H3. The quantitative estimate of drug-likeness (QED) is 0.766. The molecule has 0 radical (unpaired) electrons. The predicted molar refractivity (Wildman–Crippen MR) is 50.5 cm³/mol. The van der Waals surface area contributed by atoms with Gasteiger partial charge in [0.05, 0.1) is 12.3 Å². The van der Waals surface area contributed by atoms with Gasteiger partial charge in [-0.2, -0.15) is 0 Å². The van der Waals surface area contributed by atoms with E-state index in [0.717, 1.165) is 11.1 Å². The summed E-state index contributed by atoms with van der Waals surface area (Å²) in [5.74, 6) is 0. The maximum Gasteiger partial charge on any atom is 0.119 e. The van der Waals surface area contributed by atoms with Gasteiger partial charge >= 0.3 is 0 Å². The number of ether oxygens (including phenoxy) is 1. The lowest BCUT2D eigenvalue weighted by Gasteiger charge is -2.10. The average Bonchev–Trinajstić information content (AvgIpc) is 2.10. The van der Waals surface area contributed by atoms with Crippen molar-refractivity contribution in [3.05, 3.63) is 29.1 Å². The van der Waals surface area contributed by atoms with Crippen LogP contribution < -0.4 is 0 Å². The van der Waals surface area contributed by atoms with Gasteiger partial charge in [-0.15, -0.1) is 0 Å². The Labute approximate surface area is 78.4 Å². The molecule has 1 N–H and O–H groups in total. The molecule has 0 aromatic carbocycles. The van der Waals surface area contributed by atoms with Crippen molar-refractivity contribution in [2.45, 2.75) is 20.0 Å². The predicted octanol–water partition coefficient (Wildman–Crippen LogP) is 1.38. The summed E-state index contributed by atoms with van der Waals surface area (Å²) < 4.78 is 4.84. The van der Waals surface area contributed by atoms with Crippen molar-refractivity contribution in [1.82, 2.24) is 4.98 Å². The number of aromatic nitrogens is 1. The number of methoxy groups -OCH3 is 1. The summed E-state index contributed by atoms with van der Waals surface area (Å²) in [6.45, 7) is 4.28. The third-order valence-corrected chi connectivity index (χ3v) is 2.06. The summed E-state index contributed by atoms with van der Waals surface area (Å²) in [4.78, 5) is 4.13. The molecule has 1 aromatic rings. The summed E-state index contributed by atoms with van der Waals surface area (Å²) >= 11 is 0. The van der Waals surface area contributed by atoms with Gasteiger partial charge in [-0.25, -0.2) is 0 Å². The van der Waals surface area contributed by atoms with Gasteiger partial charge in [0, 0.05) is 13.3 Å². The molecule has 0 aliphatic carbocycles. The molecular formula is C10H15NO2. The van der Waals surface area contributed by atoms with Crippen LogP contribution in [0.15, 0.2) is 12.3 Å². The van der Waals surface area contributed by atoms with Gasteiger partial charge in [0.2, 0.25) is 0 Å². The molecule has 0 aliphatic heterocycles. The van der Waals surface area contributed by atoms with Gasteiger partial charge in [0.15, 0.2) is 0 Å². The lowest BCUT2D eigenvalue weighted by molar-refractivity contribution is 0.0617. The van der Waals surface area contributed by atoms with Crippen molar-refractivity contribution in [3.63, 3.8) is 0 Å². The van der Waals surface area contributed by atoms with Crippen LogP contribution in [-0.2, 0) is 4.74 Å². The van der Waals surface area contributed by atoms with E-state index in [9.17, 15) is 5.11 Å². The number of pyridine rings is 1. The van der Waals surface area contributed by atoms with Crippen molar-refractivity contribution in [2.24, 2.45) is 0 Å². The van der Waals surface area contributed by atoms with Crippen molar-refractivity contribution >= 4 is 0 Å². The minimum atomic E-state index is -0.621. The molecule has 0 amide bonds. The van der Waals surface area contributed by atoms with E-state index in [-0.39, 0.29) is 6.61 Å². The van der Waals surface area contributed by atoms with E-state index in [2.05, 4.69) is 4.98 Å². The third kappa shape index (κ3) is 2.50. The molecule has 0 bridgehead atoms. The number of nitrogens with zero attached hydrogens (tertiary/aromatic N) is 1. The van der Waals surface area contributed by atoms with E-state index in [1.54, 1.807) is 13.3 Å². The van der Waals surface area contributed by atoms with Crippen LogP contribution in [0.3, 0.4) is 0 Å². The van der Waals surface area contributed by atoms with Gasteiger partial charge in [0.25, 0.3) is 0 Å². The second kappa shape index (κ2) is 4.35. The highest BCUT2D eigenvalue weighted by Gasteiger charge is 2.08. The van der Waals surface area contributed by atoms with Gasteiger partial charge in [-0.05, 0) is 31.0 Å². The first-order valence-corrected chi connectivity index (χ1v) is 4.25. The molecule has 0 fully saturated rings. The normalized spacial score (nSPS) is 12.9. The third-order valence-electron chi connectivity index (χ3n) is 2.06. The number of aryl methyl sites for hydroxylation is 2. The van der Waals surface area contributed by atoms with Crippen molar-refractivity contribution in [3.8, 4) is 0 Å². The first kappa shape index (κ1) is 10.2. The van der Waals surface area contributed by atoms with Crippen LogP contribution in [0.4, 0.5) is 0 Å². The highest BCUT2D eigenvalue weighted by Crippen LogP contribution is 2.13. The number of hydrogen-bond donors (Lipinski definition) is 1. The lowest BCUT2D eigenvalue weighted by Crippen LogP contribution is -2.07. The Morgan fingerprint density at radius 3 is 2.69 bits per heavy atom. The van der Waals surface area contributed by atoms with Crippen LogP contribution in [0.5, 0.6) is 0 Å². The summed E-state index contributed by atoms with van der Waals surface area (Å²) in [5.41, 5.74) is 2.94. The van der Waals surface area contributed by atoms with Gasteiger partial charge in [0.1, 0.15) is 6.10 Å². The molecule has 3 heteroatoms. The van der Waals surface area contributed by atoms with Crippen LogP contribution in [0.2, 0.25) is 0 Å². The molecule has 0 spiro atoms. The van der Waals surface area contributed by atoms with E-state index in [1.807, 2.05) is 19.9 Å². The van der Waals surface area contributed by atoms with E-state index < -0.39 is 6.10 Å². The molecule has 72 valence electrons. The number of aliphatic hydroxyl groups excluding tert-OH is 1. The summed E-state index contributed by atoms with van der Waals surface area (Å²) in [5, 5.41) is 9.55. The van der Waals surface area contributed by atoms with Crippen molar-refractivity contribution < 1.29 is 9.84 Å². The maximum atomic E-state index is 9.55. The van der Waals surface area contributed by atoms with Crippen LogP contribution in [-0.4, -0.2) is 23.8 Å². The van der Waals surface area contributed by atoms with Crippen LogP contribution in [0.1, 0.15) is 22.9 Å². The van der Waals surface area contributed by atoms with E-state index in [4.69, 9.17) is 4.74 Å². The Hall–Kier alpha value is -0.930. The average molecular weight is 181 g/mol. The fourth-order valence-corrected chi connectivity index (χ4v) is 1.07. The van der Waals surface area contributed by atoms with Crippen LogP contribution in [0.25, 0.3) is 0 Å². The molecular weight excluding hydrogens is 166 g/mol. The van der Waals surface area contributed by atoms with Gasteiger partial charge in [-0.3, -0.25) is 4.98 Å². The zero-order chi connectivity index (χ0) is 9.84. The van der Waals surface area contributed by atoms with Gasteiger partial charge < -0.3 is 9.84 Å². The number of hydrogen-bond acceptors (Lipinski definition) is 3. The summed E-state index contributed by atoms with van der Waals surface area (Å²) in [7, 11) is 1.56. The molecule has 1 heterocycles. The minimum Gasteiger partial charge on any atom is -0.384 e. The Morgan fingerprint density at radius 1 is 1.46 bits per heavy atom.